The minimum Gasteiger partial charge on any atom is -0.462 e. The Morgan fingerprint density at radius 3 is 2.63 bits per heavy atom. The predicted octanol–water partition coefficient (Wildman–Crippen LogP) is 5.47. The first kappa shape index (κ1) is 22.5. The Balaban J connectivity index is 1.69. The Hall–Kier alpha value is -2.17. The van der Waals surface area contributed by atoms with Crippen molar-refractivity contribution in [2.75, 3.05) is 11.9 Å². The molecular weight excluding hydrogens is 490 g/mol. The van der Waals surface area contributed by atoms with Gasteiger partial charge in [-0.25, -0.2) is 4.79 Å². The predicted molar refractivity (Wildman–Crippen MR) is 121 cm³/mol. The van der Waals surface area contributed by atoms with Crippen molar-refractivity contribution in [2.24, 2.45) is 0 Å². The second-order valence-corrected chi connectivity index (χ2v) is 9.77. The third-order valence-electron chi connectivity index (χ3n) is 4.25. The van der Waals surface area contributed by atoms with Crippen LogP contribution in [0, 0.1) is 13.8 Å². The number of carbonyl (C=O) groups excluding carboxylic acids is 2. The molecule has 0 unspecified atom stereocenters. The quantitative estimate of drug-likeness (QED) is 0.333. The van der Waals surface area contributed by atoms with Gasteiger partial charge in [-0.2, -0.15) is 0 Å². The van der Waals surface area contributed by atoms with E-state index in [0.717, 1.165) is 32.2 Å². The van der Waals surface area contributed by atoms with Crippen molar-refractivity contribution in [2.45, 2.75) is 38.2 Å². The second kappa shape index (κ2) is 9.76. The molecule has 3 rings (SSSR count). The summed E-state index contributed by atoms with van der Waals surface area (Å²) in [5.41, 5.74) is 2.00. The molecule has 158 valence electrons. The number of ether oxygens (including phenoxy) is 1. The molecule has 0 aliphatic rings. The third kappa shape index (κ3) is 5.11. The average molecular weight is 510 g/mol. The maximum atomic E-state index is 12.7. The number of thioether (sulfide) groups is 1. The summed E-state index contributed by atoms with van der Waals surface area (Å²) in [7, 11) is 0. The van der Waals surface area contributed by atoms with Gasteiger partial charge in [-0.3, -0.25) is 4.79 Å². The van der Waals surface area contributed by atoms with Gasteiger partial charge in [-0.15, -0.1) is 21.5 Å². The highest BCUT2D eigenvalue weighted by Crippen LogP contribution is 2.34. The van der Waals surface area contributed by atoms with E-state index in [1.54, 1.807) is 13.8 Å². The van der Waals surface area contributed by atoms with Crippen LogP contribution in [0.3, 0.4) is 0 Å². The molecule has 0 saturated heterocycles. The Kier molecular flexibility index (Phi) is 7.32. The van der Waals surface area contributed by atoms with Crippen LogP contribution < -0.4 is 5.32 Å². The lowest BCUT2D eigenvalue weighted by Crippen LogP contribution is -2.23. The summed E-state index contributed by atoms with van der Waals surface area (Å²) in [4.78, 5) is 26.0. The van der Waals surface area contributed by atoms with Gasteiger partial charge in [0.05, 0.1) is 17.4 Å². The summed E-state index contributed by atoms with van der Waals surface area (Å²) in [5, 5.41) is 11.2. The molecule has 0 saturated carbocycles. The maximum absolute atomic E-state index is 12.7. The lowest BCUT2D eigenvalue weighted by atomic mass is 10.1. The van der Waals surface area contributed by atoms with E-state index in [0.29, 0.717) is 21.7 Å². The van der Waals surface area contributed by atoms with Gasteiger partial charge in [0.25, 0.3) is 5.22 Å². The summed E-state index contributed by atoms with van der Waals surface area (Å²) in [6, 6.07) is 7.49. The first-order chi connectivity index (χ1) is 14.3. The van der Waals surface area contributed by atoms with E-state index in [1.165, 1.54) is 11.3 Å². The van der Waals surface area contributed by atoms with E-state index in [-0.39, 0.29) is 12.5 Å². The zero-order chi connectivity index (χ0) is 21.8. The van der Waals surface area contributed by atoms with Crippen LogP contribution in [-0.4, -0.2) is 33.9 Å². The first-order valence-electron chi connectivity index (χ1n) is 9.14. The van der Waals surface area contributed by atoms with Gasteiger partial charge in [0.15, 0.2) is 0 Å². The molecule has 1 amide bonds. The molecule has 1 aromatic carbocycles. The molecule has 0 spiro atoms. The van der Waals surface area contributed by atoms with Gasteiger partial charge < -0.3 is 14.5 Å². The largest absolute Gasteiger partial charge is 0.462 e. The first-order valence-corrected chi connectivity index (χ1v) is 11.6. The minimum atomic E-state index is -0.513. The van der Waals surface area contributed by atoms with Crippen LogP contribution in [-0.2, 0) is 9.53 Å². The lowest BCUT2D eigenvalue weighted by molar-refractivity contribution is -0.115. The highest BCUT2D eigenvalue weighted by atomic mass is 79.9. The van der Waals surface area contributed by atoms with Crippen molar-refractivity contribution in [1.82, 2.24) is 10.2 Å². The molecule has 0 fully saturated rings. The number of halogens is 1. The van der Waals surface area contributed by atoms with Crippen LogP contribution in [0.2, 0.25) is 0 Å². The van der Waals surface area contributed by atoms with Gasteiger partial charge in [-0.05, 0) is 57.5 Å². The number of nitrogens with one attached hydrogen (secondary N) is 1. The zero-order valence-corrected chi connectivity index (χ0v) is 20.0. The number of anilines is 1. The molecule has 2 heterocycles. The smallest absolute Gasteiger partial charge is 0.341 e. The lowest BCUT2D eigenvalue weighted by Gasteiger charge is -2.10. The van der Waals surface area contributed by atoms with Crippen molar-refractivity contribution < 1.29 is 18.7 Å². The van der Waals surface area contributed by atoms with E-state index in [1.807, 2.05) is 38.1 Å². The molecule has 7 nitrogen and oxygen atoms in total. The Morgan fingerprint density at radius 1 is 1.27 bits per heavy atom. The van der Waals surface area contributed by atoms with Gasteiger partial charge in [0, 0.05) is 14.9 Å². The number of rotatable bonds is 7. The molecule has 0 bridgehead atoms. The van der Waals surface area contributed by atoms with Crippen molar-refractivity contribution >= 4 is 55.9 Å². The van der Waals surface area contributed by atoms with Crippen molar-refractivity contribution in [3.8, 4) is 11.5 Å². The van der Waals surface area contributed by atoms with E-state index in [4.69, 9.17) is 9.15 Å². The van der Waals surface area contributed by atoms with Crippen molar-refractivity contribution in [3.63, 3.8) is 0 Å². The number of benzene rings is 1. The van der Waals surface area contributed by atoms with Gasteiger partial charge >= 0.3 is 5.97 Å². The molecular formula is C20H20BrN3O4S2. The Bertz CT molecular complexity index is 1060. The molecule has 2 aromatic heterocycles. The van der Waals surface area contributed by atoms with E-state index in [9.17, 15) is 9.59 Å². The number of hydrogen-bond donors (Lipinski definition) is 1. The average Bonchev–Trinajstić information content (AvgIpc) is 3.27. The van der Waals surface area contributed by atoms with Gasteiger partial charge in [0.1, 0.15) is 5.00 Å². The highest BCUT2D eigenvalue weighted by molar-refractivity contribution is 9.10. The molecule has 0 aliphatic heterocycles. The third-order valence-corrected chi connectivity index (χ3v) is 6.83. The molecule has 10 heteroatoms. The number of nitrogens with zero attached hydrogens (tertiary/aromatic N) is 2. The maximum Gasteiger partial charge on any atom is 0.341 e. The van der Waals surface area contributed by atoms with Gasteiger partial charge in [0.2, 0.25) is 11.8 Å². The standard InChI is InChI=1S/C20H20BrN3O4S2/c1-5-27-19(26)15-10(2)11(3)29-18(15)22-16(25)12(4)30-20-24-23-17(28-20)13-6-8-14(21)9-7-13/h6-9,12H,5H2,1-4H3,(H,22,25)/t12-/m0/s1. The van der Waals surface area contributed by atoms with Crippen molar-refractivity contribution in [3.05, 3.63) is 44.7 Å². The van der Waals surface area contributed by atoms with E-state index >= 15 is 0 Å². The summed E-state index contributed by atoms with van der Waals surface area (Å²) in [6.45, 7) is 7.49. The monoisotopic (exact) mass is 509 g/mol. The van der Waals surface area contributed by atoms with Crippen molar-refractivity contribution in [1.29, 1.82) is 0 Å². The normalized spacial score (nSPS) is 11.9. The molecule has 0 aliphatic carbocycles. The van der Waals surface area contributed by atoms with E-state index < -0.39 is 11.2 Å². The minimum absolute atomic E-state index is 0.268. The topological polar surface area (TPSA) is 94.3 Å². The summed E-state index contributed by atoms with van der Waals surface area (Å²) in [5.74, 6) is -0.326. The number of esters is 1. The zero-order valence-electron chi connectivity index (χ0n) is 16.8. The second-order valence-electron chi connectivity index (χ2n) is 6.34. The van der Waals surface area contributed by atoms with E-state index in [2.05, 4.69) is 31.4 Å². The number of aromatic nitrogens is 2. The number of hydrogen-bond acceptors (Lipinski definition) is 8. The fraction of sp³-hybridized carbons (Fsp3) is 0.300. The Morgan fingerprint density at radius 2 is 1.97 bits per heavy atom. The molecule has 3 aromatic rings. The van der Waals surface area contributed by atoms with Gasteiger partial charge in [-0.1, -0.05) is 27.7 Å². The van der Waals surface area contributed by atoms with Crippen LogP contribution in [0.5, 0.6) is 0 Å². The Labute approximate surface area is 190 Å². The fourth-order valence-corrected chi connectivity index (χ4v) is 4.55. The molecule has 30 heavy (non-hydrogen) atoms. The number of amides is 1. The molecule has 0 radical (unpaired) electrons. The van der Waals surface area contributed by atoms with Crippen LogP contribution in [0.15, 0.2) is 38.4 Å². The van der Waals surface area contributed by atoms with Crippen LogP contribution >= 0.6 is 39.0 Å². The summed E-state index contributed by atoms with van der Waals surface area (Å²) in [6.07, 6.45) is 0. The summed E-state index contributed by atoms with van der Waals surface area (Å²) < 4.78 is 11.8. The fourth-order valence-electron chi connectivity index (χ4n) is 2.55. The number of carbonyl (C=O) groups is 2. The molecule has 1 N–H and O–H groups in total. The van der Waals surface area contributed by atoms with Crippen LogP contribution in [0.1, 0.15) is 34.6 Å². The molecule has 1 atom stereocenters. The SMILES string of the molecule is CCOC(=O)c1c(NC(=O)[C@H](C)Sc2nnc(-c3ccc(Br)cc3)o2)sc(C)c1C. The van der Waals surface area contributed by atoms with Crippen LogP contribution in [0.25, 0.3) is 11.5 Å². The highest BCUT2D eigenvalue weighted by Gasteiger charge is 2.25. The number of thiophene rings is 1. The summed E-state index contributed by atoms with van der Waals surface area (Å²) >= 11 is 5.89. The number of aryl methyl sites for hydroxylation is 1. The van der Waals surface area contributed by atoms with Crippen LogP contribution in [0.4, 0.5) is 5.00 Å².